The van der Waals surface area contributed by atoms with Gasteiger partial charge in [0.15, 0.2) is 5.75 Å². The molecule has 0 aliphatic heterocycles. The van der Waals surface area contributed by atoms with Gasteiger partial charge in [-0.15, -0.1) is 10.2 Å². The molecule has 196 valence electrons. The number of phenolic OH excluding ortho intramolecular Hbond substituents is 1. The fourth-order valence-electron chi connectivity index (χ4n) is 3.78. The van der Waals surface area contributed by atoms with Crippen LogP contribution < -0.4 is 10.1 Å². The molecule has 0 aliphatic rings. The number of halogens is 2. The molecule has 0 spiro atoms. The summed E-state index contributed by atoms with van der Waals surface area (Å²) < 4.78 is 38.8. The highest BCUT2D eigenvalue weighted by Gasteiger charge is 2.23. The number of hydrogen-bond acceptors (Lipinski definition) is 7. The highest BCUT2D eigenvalue weighted by molar-refractivity contribution is 7.86. The van der Waals surface area contributed by atoms with Crippen LogP contribution in [0.4, 0.5) is 17.1 Å². The Labute approximate surface area is 228 Å². The summed E-state index contributed by atoms with van der Waals surface area (Å²) in [7, 11) is -3.26. The first-order valence-corrected chi connectivity index (χ1v) is 13.3. The van der Waals surface area contributed by atoms with Crippen molar-refractivity contribution in [2.45, 2.75) is 18.2 Å². The van der Waals surface area contributed by atoms with E-state index in [0.29, 0.717) is 28.5 Å². The van der Waals surface area contributed by atoms with E-state index in [2.05, 4.69) is 15.5 Å². The molecule has 0 heterocycles. The van der Waals surface area contributed by atoms with Crippen LogP contribution in [-0.2, 0) is 16.5 Å². The molecule has 0 saturated carbocycles. The zero-order valence-electron chi connectivity index (χ0n) is 20.1. The fraction of sp³-hybridized carbons (Fsp3) is 0.115. The minimum atomic E-state index is -4.75. The number of amides is 1. The number of hydrogen-bond donors (Lipinski definition) is 3. The number of carbonyl (C=O) groups is 1. The van der Waals surface area contributed by atoms with Gasteiger partial charge < -0.3 is 15.2 Å². The van der Waals surface area contributed by atoms with Gasteiger partial charge in [-0.1, -0.05) is 54.4 Å². The molecular formula is C26H21Cl2N3O6S. The summed E-state index contributed by atoms with van der Waals surface area (Å²) in [5.74, 6) is -0.673. The molecule has 0 saturated heterocycles. The van der Waals surface area contributed by atoms with Crippen LogP contribution in [0.1, 0.15) is 22.8 Å². The number of aromatic hydroxyl groups is 1. The van der Waals surface area contributed by atoms with Crippen molar-refractivity contribution in [1.82, 2.24) is 0 Å². The maximum Gasteiger partial charge on any atom is 0.298 e. The van der Waals surface area contributed by atoms with Gasteiger partial charge in [0.05, 0.1) is 28.4 Å². The van der Waals surface area contributed by atoms with Crippen LogP contribution in [0.2, 0.25) is 10.0 Å². The smallest absolute Gasteiger partial charge is 0.298 e. The number of ether oxygens (including phenoxy) is 1. The predicted molar refractivity (Wildman–Crippen MR) is 146 cm³/mol. The second-order valence-corrected chi connectivity index (χ2v) is 10.3. The number of benzene rings is 4. The minimum Gasteiger partial charge on any atom is -0.505 e. The molecule has 9 nitrogen and oxygen atoms in total. The van der Waals surface area contributed by atoms with Gasteiger partial charge in [0.25, 0.3) is 16.0 Å². The van der Waals surface area contributed by atoms with E-state index in [1.54, 1.807) is 36.4 Å². The van der Waals surface area contributed by atoms with E-state index in [9.17, 15) is 22.9 Å². The lowest BCUT2D eigenvalue weighted by Crippen LogP contribution is -2.12. The molecule has 0 bridgehead atoms. The first-order valence-electron chi connectivity index (χ1n) is 11.1. The lowest BCUT2D eigenvalue weighted by Gasteiger charge is -2.13. The maximum absolute atomic E-state index is 13.2. The number of azo groups is 1. The van der Waals surface area contributed by atoms with Crippen LogP contribution in [0.3, 0.4) is 0 Å². The maximum atomic E-state index is 13.2. The van der Waals surface area contributed by atoms with Crippen molar-refractivity contribution < 1.29 is 27.6 Å². The molecule has 4 aromatic carbocycles. The largest absolute Gasteiger partial charge is 0.505 e. The monoisotopic (exact) mass is 573 g/mol. The first-order chi connectivity index (χ1) is 18.0. The van der Waals surface area contributed by atoms with E-state index >= 15 is 0 Å². The molecule has 0 unspecified atom stereocenters. The minimum absolute atomic E-state index is 0.0895. The van der Waals surface area contributed by atoms with Crippen molar-refractivity contribution in [2.24, 2.45) is 10.2 Å². The highest BCUT2D eigenvalue weighted by Crippen LogP contribution is 2.41. The molecule has 1 amide bonds. The van der Waals surface area contributed by atoms with Crippen molar-refractivity contribution in [3.05, 3.63) is 81.8 Å². The summed E-state index contributed by atoms with van der Waals surface area (Å²) in [6.07, 6.45) is 0.506. The van der Waals surface area contributed by atoms with Gasteiger partial charge in [-0.3, -0.25) is 9.35 Å². The summed E-state index contributed by atoms with van der Waals surface area (Å²) >= 11 is 12.4. The quantitative estimate of drug-likeness (QED) is 0.156. The average Bonchev–Trinajstić information content (AvgIpc) is 2.87. The molecule has 4 aromatic rings. The average molecular weight is 574 g/mol. The molecule has 4 rings (SSSR count). The molecular weight excluding hydrogens is 553 g/mol. The van der Waals surface area contributed by atoms with Gasteiger partial charge in [-0.05, 0) is 47.7 Å². The van der Waals surface area contributed by atoms with E-state index < -0.39 is 26.7 Å². The molecule has 0 aliphatic carbocycles. The predicted octanol–water partition coefficient (Wildman–Crippen LogP) is 7.34. The van der Waals surface area contributed by atoms with Gasteiger partial charge in [0.1, 0.15) is 22.0 Å². The Morgan fingerprint density at radius 2 is 1.76 bits per heavy atom. The molecule has 12 heteroatoms. The number of nitrogens with zero attached hydrogens (tertiary/aromatic N) is 2. The number of aryl methyl sites for hydroxylation is 1. The molecule has 38 heavy (non-hydrogen) atoms. The van der Waals surface area contributed by atoms with Crippen LogP contribution in [0.5, 0.6) is 11.5 Å². The summed E-state index contributed by atoms with van der Waals surface area (Å²) in [6, 6.07) is 15.8. The zero-order chi connectivity index (χ0) is 27.6. The number of methoxy groups -OCH3 is 1. The van der Waals surface area contributed by atoms with Crippen molar-refractivity contribution in [3.8, 4) is 11.5 Å². The third-order valence-corrected chi connectivity index (χ3v) is 7.34. The molecule has 0 aromatic heterocycles. The number of rotatable bonds is 7. The Morgan fingerprint density at radius 3 is 2.42 bits per heavy atom. The Balaban J connectivity index is 1.84. The summed E-state index contributed by atoms with van der Waals surface area (Å²) in [4.78, 5) is 12.5. The molecule has 0 atom stereocenters. The van der Waals surface area contributed by atoms with Gasteiger partial charge >= 0.3 is 0 Å². The number of nitrogens with one attached hydrogen (secondary N) is 1. The second-order valence-electron chi connectivity index (χ2n) is 8.10. The zero-order valence-corrected chi connectivity index (χ0v) is 22.4. The molecule has 0 radical (unpaired) electrons. The van der Waals surface area contributed by atoms with Gasteiger partial charge in [0.2, 0.25) is 0 Å². The van der Waals surface area contributed by atoms with Gasteiger partial charge in [-0.25, -0.2) is 0 Å². The summed E-state index contributed by atoms with van der Waals surface area (Å²) in [5, 5.41) is 22.9. The fourth-order valence-corrected chi connectivity index (χ4v) is 5.19. The van der Waals surface area contributed by atoms with Crippen LogP contribution in [0.25, 0.3) is 10.8 Å². The van der Waals surface area contributed by atoms with Crippen LogP contribution >= 0.6 is 23.2 Å². The standard InChI is InChI=1S/C26H21Cl2N3O6S/c1-3-14-10-20(28)25(38(34,35)36)22(11-14)30-31-23-17-7-5-4-6-15(17)12-18(24(23)32)26(33)29-21-9-8-16(37-2)13-19(21)27/h4-13,32H,3H2,1-2H3,(H,29,33)(H,34,35,36). The van der Waals surface area contributed by atoms with E-state index in [0.717, 1.165) is 0 Å². The Bertz CT molecular complexity index is 1710. The van der Waals surface area contributed by atoms with E-state index in [4.69, 9.17) is 27.9 Å². The Morgan fingerprint density at radius 1 is 1.03 bits per heavy atom. The van der Waals surface area contributed by atoms with Crippen molar-refractivity contribution in [2.75, 3.05) is 12.4 Å². The number of anilines is 1. The van der Waals surface area contributed by atoms with Crippen molar-refractivity contribution >= 4 is 67.1 Å². The second kappa shape index (κ2) is 11.0. The Kier molecular flexibility index (Phi) is 7.89. The van der Waals surface area contributed by atoms with Gasteiger partial charge in [0, 0.05) is 11.5 Å². The molecule has 0 fully saturated rings. The topological polar surface area (TPSA) is 138 Å². The number of carbonyl (C=O) groups excluding carboxylic acids is 1. The van der Waals surface area contributed by atoms with Crippen LogP contribution in [-0.4, -0.2) is 31.1 Å². The lowest BCUT2D eigenvalue weighted by atomic mass is 10.0. The van der Waals surface area contributed by atoms with Crippen molar-refractivity contribution in [1.29, 1.82) is 0 Å². The third kappa shape index (κ3) is 5.58. The highest BCUT2D eigenvalue weighted by atomic mass is 35.5. The number of fused-ring (bicyclic) bond motifs is 1. The Hall–Kier alpha value is -3.70. The van der Waals surface area contributed by atoms with Crippen molar-refractivity contribution in [3.63, 3.8) is 0 Å². The molecule has 3 N–H and O–H groups in total. The normalized spacial score (nSPS) is 11.7. The van der Waals surface area contributed by atoms with Crippen LogP contribution in [0.15, 0.2) is 75.8 Å². The summed E-state index contributed by atoms with van der Waals surface area (Å²) in [5.41, 5.74) is 0.500. The van der Waals surface area contributed by atoms with E-state index in [1.807, 2.05) is 6.92 Å². The van der Waals surface area contributed by atoms with Gasteiger partial charge in [-0.2, -0.15) is 8.42 Å². The lowest BCUT2D eigenvalue weighted by molar-refractivity contribution is 0.102. The summed E-state index contributed by atoms with van der Waals surface area (Å²) in [6.45, 7) is 1.83. The van der Waals surface area contributed by atoms with Crippen LogP contribution in [0, 0.1) is 0 Å². The first kappa shape index (κ1) is 27.3. The third-order valence-electron chi connectivity index (χ3n) is 5.67. The van der Waals surface area contributed by atoms with E-state index in [-0.39, 0.29) is 32.7 Å². The number of phenols is 1. The van der Waals surface area contributed by atoms with E-state index in [1.165, 1.54) is 31.4 Å². The SMILES string of the molecule is CCc1cc(Cl)c(S(=O)(=O)O)c(N=Nc2c(O)c(C(=O)Nc3ccc(OC)cc3Cl)cc3ccccc23)c1.